The van der Waals surface area contributed by atoms with E-state index in [9.17, 15) is 18.3 Å². The molecule has 1 N–H and O–H groups in total. The van der Waals surface area contributed by atoms with Gasteiger partial charge in [-0.15, -0.1) is 0 Å². The van der Waals surface area contributed by atoms with Gasteiger partial charge in [-0.3, -0.25) is 0 Å². The zero-order valence-corrected chi connectivity index (χ0v) is 10.2. The second-order valence-corrected chi connectivity index (χ2v) is 4.98. The molecule has 3 nitrogen and oxygen atoms in total. The number of phenolic OH excluding ortho intramolecular Hbond substituents is 1. The standard InChI is InChI=1S/C9H9F3O3Se/c1-14-5-3-6(13)8(7(4-5)15-2)16-9(10,11)12/h3-4,13H,1-2H3. The van der Waals surface area contributed by atoms with Crippen molar-refractivity contribution in [2.75, 3.05) is 14.2 Å². The van der Waals surface area contributed by atoms with Gasteiger partial charge in [0.1, 0.15) is 0 Å². The number of rotatable bonds is 3. The van der Waals surface area contributed by atoms with Gasteiger partial charge in [-0.1, -0.05) is 0 Å². The van der Waals surface area contributed by atoms with Crippen LogP contribution in [0, 0.1) is 0 Å². The molecule has 0 bridgehead atoms. The average Bonchev–Trinajstić information content (AvgIpc) is 2.19. The number of methoxy groups -OCH3 is 2. The summed E-state index contributed by atoms with van der Waals surface area (Å²) in [6.45, 7) is 0. The summed E-state index contributed by atoms with van der Waals surface area (Å²) in [6, 6.07) is 2.44. The van der Waals surface area contributed by atoms with E-state index in [1.165, 1.54) is 20.3 Å². The summed E-state index contributed by atoms with van der Waals surface area (Å²) in [4.78, 5) is 0. The SMILES string of the molecule is COc1cc(O)c([Se]C(F)(F)F)c(OC)c1. The first-order valence-electron chi connectivity index (χ1n) is 4.08. The quantitative estimate of drug-likeness (QED) is 0.854. The number of aromatic hydroxyl groups is 1. The van der Waals surface area contributed by atoms with Crippen molar-refractivity contribution in [3.05, 3.63) is 12.1 Å². The van der Waals surface area contributed by atoms with Crippen LogP contribution >= 0.6 is 0 Å². The Morgan fingerprint density at radius 2 is 1.81 bits per heavy atom. The molecule has 0 aromatic heterocycles. The zero-order valence-electron chi connectivity index (χ0n) is 8.46. The van der Waals surface area contributed by atoms with Crippen molar-refractivity contribution in [3.8, 4) is 17.2 Å². The molecule has 0 saturated heterocycles. The molecule has 0 amide bonds. The van der Waals surface area contributed by atoms with Gasteiger partial charge < -0.3 is 0 Å². The van der Waals surface area contributed by atoms with Crippen molar-refractivity contribution < 1.29 is 27.8 Å². The van der Waals surface area contributed by atoms with Crippen LogP contribution in [0.2, 0.25) is 0 Å². The molecule has 1 rings (SSSR count). The van der Waals surface area contributed by atoms with Gasteiger partial charge in [0, 0.05) is 0 Å². The number of alkyl halides is 3. The van der Waals surface area contributed by atoms with Gasteiger partial charge >= 0.3 is 95.8 Å². The monoisotopic (exact) mass is 302 g/mol. The maximum atomic E-state index is 12.2. The summed E-state index contributed by atoms with van der Waals surface area (Å²) < 4.78 is 46.1. The minimum atomic E-state index is -4.34. The van der Waals surface area contributed by atoms with E-state index in [1.807, 2.05) is 0 Å². The molecular weight excluding hydrogens is 292 g/mol. The molecule has 0 atom stereocenters. The molecule has 1 aromatic rings. The van der Waals surface area contributed by atoms with Gasteiger partial charge in [-0.25, -0.2) is 0 Å². The van der Waals surface area contributed by atoms with Crippen LogP contribution in [0.1, 0.15) is 0 Å². The van der Waals surface area contributed by atoms with Crippen LogP contribution in [-0.2, 0) is 0 Å². The van der Waals surface area contributed by atoms with Gasteiger partial charge in [0.25, 0.3) is 0 Å². The average molecular weight is 301 g/mol. The summed E-state index contributed by atoms with van der Waals surface area (Å²) in [7, 11) is 2.59. The Labute approximate surface area is 96.3 Å². The van der Waals surface area contributed by atoms with Crippen LogP contribution in [0.15, 0.2) is 12.1 Å². The summed E-state index contributed by atoms with van der Waals surface area (Å²) >= 11 is -1.85. The number of phenols is 1. The van der Waals surface area contributed by atoms with Gasteiger partial charge in [-0.05, 0) is 0 Å². The normalized spacial score (nSPS) is 11.3. The van der Waals surface area contributed by atoms with Gasteiger partial charge in [0.05, 0.1) is 0 Å². The maximum absolute atomic E-state index is 12.2. The molecular formula is C9H9F3O3Se. The molecule has 1 aromatic carbocycles. The molecule has 0 unspecified atom stereocenters. The Balaban J connectivity index is 3.16. The predicted molar refractivity (Wildman–Crippen MR) is 52.7 cm³/mol. The first-order chi connectivity index (χ1) is 7.37. The van der Waals surface area contributed by atoms with Crippen LogP contribution < -0.4 is 13.9 Å². The van der Waals surface area contributed by atoms with E-state index < -0.39 is 25.8 Å². The minimum absolute atomic E-state index is 0.0193. The van der Waals surface area contributed by atoms with Gasteiger partial charge in [0.2, 0.25) is 0 Å². The molecule has 0 aliphatic rings. The molecule has 7 heteroatoms. The van der Waals surface area contributed by atoms with Crippen molar-refractivity contribution in [1.82, 2.24) is 0 Å². The van der Waals surface area contributed by atoms with Crippen molar-refractivity contribution in [2.45, 2.75) is 5.07 Å². The molecule has 0 spiro atoms. The summed E-state index contributed by atoms with van der Waals surface area (Å²) in [5.41, 5.74) is 0. The molecule has 0 aliphatic heterocycles. The third kappa shape index (κ3) is 3.21. The fourth-order valence-corrected chi connectivity index (χ4v) is 2.39. The van der Waals surface area contributed by atoms with E-state index in [0.717, 1.165) is 6.07 Å². The fourth-order valence-electron chi connectivity index (χ4n) is 1.05. The first kappa shape index (κ1) is 13.0. The third-order valence-electron chi connectivity index (χ3n) is 1.68. The summed E-state index contributed by atoms with van der Waals surface area (Å²) in [5, 5.41) is 5.11. The molecule has 90 valence electrons. The van der Waals surface area contributed by atoms with E-state index in [4.69, 9.17) is 9.47 Å². The molecule has 16 heavy (non-hydrogen) atoms. The van der Waals surface area contributed by atoms with E-state index >= 15 is 0 Å². The van der Waals surface area contributed by atoms with Gasteiger partial charge in [0.15, 0.2) is 0 Å². The zero-order chi connectivity index (χ0) is 12.3. The second-order valence-electron chi connectivity index (χ2n) is 2.73. The predicted octanol–water partition coefficient (Wildman–Crippen LogP) is 1.26. The van der Waals surface area contributed by atoms with Gasteiger partial charge in [-0.2, -0.15) is 0 Å². The second kappa shape index (κ2) is 4.84. The van der Waals surface area contributed by atoms with Crippen LogP contribution in [0.4, 0.5) is 13.2 Å². The molecule has 0 radical (unpaired) electrons. The van der Waals surface area contributed by atoms with Crippen LogP contribution in [0.25, 0.3) is 0 Å². The first-order valence-corrected chi connectivity index (χ1v) is 5.79. The number of hydrogen-bond acceptors (Lipinski definition) is 3. The van der Waals surface area contributed by atoms with E-state index in [2.05, 4.69) is 0 Å². The van der Waals surface area contributed by atoms with E-state index in [0.29, 0.717) is 0 Å². The number of ether oxygens (including phenoxy) is 2. The molecule has 0 saturated carbocycles. The number of benzene rings is 1. The van der Waals surface area contributed by atoms with Crippen molar-refractivity contribution in [3.63, 3.8) is 0 Å². The number of hydrogen-bond donors (Lipinski definition) is 1. The van der Waals surface area contributed by atoms with E-state index in [-0.39, 0.29) is 16.0 Å². The van der Waals surface area contributed by atoms with Crippen molar-refractivity contribution in [2.24, 2.45) is 0 Å². The third-order valence-corrected chi connectivity index (χ3v) is 3.46. The van der Waals surface area contributed by atoms with Crippen LogP contribution in [-0.4, -0.2) is 39.4 Å². The Morgan fingerprint density at radius 3 is 2.25 bits per heavy atom. The molecule has 0 aliphatic carbocycles. The number of halogens is 3. The summed E-state index contributed by atoms with van der Waals surface area (Å²) in [5.74, 6) is -0.237. The summed E-state index contributed by atoms with van der Waals surface area (Å²) in [6.07, 6.45) is 0. The molecule has 0 heterocycles. The van der Waals surface area contributed by atoms with Crippen molar-refractivity contribution >= 4 is 19.4 Å². The fraction of sp³-hybridized carbons (Fsp3) is 0.333. The van der Waals surface area contributed by atoms with E-state index in [1.54, 1.807) is 0 Å². The Bertz CT molecular complexity index is 379. The Kier molecular flexibility index (Phi) is 3.93. The van der Waals surface area contributed by atoms with Crippen molar-refractivity contribution in [1.29, 1.82) is 0 Å². The van der Waals surface area contributed by atoms with Crippen LogP contribution in [0.3, 0.4) is 0 Å². The Morgan fingerprint density at radius 1 is 1.19 bits per heavy atom. The van der Waals surface area contributed by atoms with Crippen LogP contribution in [0.5, 0.6) is 17.2 Å². The topological polar surface area (TPSA) is 38.7 Å². The Hall–Kier alpha value is -1.07. The molecule has 0 fully saturated rings.